The zero-order chi connectivity index (χ0) is 16.7. The highest BCUT2D eigenvalue weighted by atomic mass is 127. The first-order valence-corrected chi connectivity index (χ1v) is 8.33. The van der Waals surface area contributed by atoms with E-state index < -0.39 is 18.2 Å². The van der Waals surface area contributed by atoms with Gasteiger partial charge in [-0.05, 0) is 69.4 Å². The number of hydrogen-bond donors (Lipinski definition) is 2. The highest BCUT2D eigenvalue weighted by molar-refractivity contribution is 14.1. The summed E-state index contributed by atoms with van der Waals surface area (Å²) in [5.41, 5.74) is 4.44. The van der Waals surface area contributed by atoms with E-state index in [0.29, 0.717) is 19.1 Å². The lowest BCUT2D eigenvalue weighted by molar-refractivity contribution is -0.129. The Balaban J connectivity index is 1.71. The SMILES string of the molecule is O=C(CC(=O)NN=Cc1ccc(I)o1)NN=Cc1ccc(I)o1. The van der Waals surface area contributed by atoms with Crippen molar-refractivity contribution < 1.29 is 18.4 Å². The van der Waals surface area contributed by atoms with Gasteiger partial charge in [0.1, 0.15) is 17.9 Å². The number of carbonyl (C=O) groups excluding carboxylic acids is 2. The van der Waals surface area contributed by atoms with Gasteiger partial charge in [0, 0.05) is 0 Å². The minimum absolute atomic E-state index is 0.403. The summed E-state index contributed by atoms with van der Waals surface area (Å²) in [5.74, 6) is -0.140. The van der Waals surface area contributed by atoms with Crippen molar-refractivity contribution in [2.45, 2.75) is 6.42 Å². The molecular formula is C13H10I2N4O4. The topological polar surface area (TPSA) is 109 Å². The maximum atomic E-state index is 11.5. The van der Waals surface area contributed by atoms with E-state index in [2.05, 4.69) is 21.1 Å². The summed E-state index contributed by atoms with van der Waals surface area (Å²) < 4.78 is 11.9. The normalized spacial score (nSPS) is 11.2. The molecule has 0 aliphatic carbocycles. The van der Waals surface area contributed by atoms with Crippen molar-refractivity contribution in [3.63, 3.8) is 0 Å². The molecule has 2 aromatic heterocycles. The van der Waals surface area contributed by atoms with Crippen LogP contribution in [0, 0.1) is 7.53 Å². The van der Waals surface area contributed by atoms with Gasteiger partial charge in [-0.2, -0.15) is 10.2 Å². The summed E-state index contributed by atoms with van der Waals surface area (Å²) in [6.45, 7) is 0. The fraction of sp³-hybridized carbons (Fsp3) is 0.0769. The number of hydrogen-bond acceptors (Lipinski definition) is 6. The van der Waals surface area contributed by atoms with Crippen molar-refractivity contribution in [3.8, 4) is 0 Å². The van der Waals surface area contributed by atoms with Crippen LogP contribution < -0.4 is 10.9 Å². The molecule has 23 heavy (non-hydrogen) atoms. The Morgan fingerprint density at radius 2 is 1.35 bits per heavy atom. The summed E-state index contributed by atoms with van der Waals surface area (Å²) in [6.07, 6.45) is 2.28. The molecule has 0 unspecified atom stereocenters. The zero-order valence-corrected chi connectivity index (χ0v) is 15.8. The van der Waals surface area contributed by atoms with Crippen LogP contribution in [-0.4, -0.2) is 24.2 Å². The second-order valence-electron chi connectivity index (χ2n) is 4.05. The van der Waals surface area contributed by atoms with Crippen LogP contribution in [0.15, 0.2) is 43.3 Å². The van der Waals surface area contributed by atoms with E-state index >= 15 is 0 Å². The molecule has 0 saturated carbocycles. The van der Waals surface area contributed by atoms with Crippen LogP contribution in [0.3, 0.4) is 0 Å². The van der Waals surface area contributed by atoms with Crippen LogP contribution in [0.4, 0.5) is 0 Å². The van der Waals surface area contributed by atoms with E-state index in [0.717, 1.165) is 0 Å². The molecule has 10 heteroatoms. The molecule has 0 atom stereocenters. The smallest absolute Gasteiger partial charge is 0.249 e. The van der Waals surface area contributed by atoms with Gasteiger partial charge in [-0.25, -0.2) is 10.9 Å². The molecule has 120 valence electrons. The molecule has 0 saturated heterocycles. The number of nitrogens with one attached hydrogen (secondary N) is 2. The molecule has 2 heterocycles. The highest BCUT2D eigenvalue weighted by Gasteiger charge is 2.07. The third-order valence-electron chi connectivity index (χ3n) is 2.27. The average molecular weight is 540 g/mol. The molecule has 0 aliphatic rings. The van der Waals surface area contributed by atoms with Gasteiger partial charge in [-0.3, -0.25) is 9.59 Å². The summed E-state index contributed by atoms with van der Waals surface area (Å²) in [4.78, 5) is 23.0. The molecule has 8 nitrogen and oxygen atoms in total. The zero-order valence-electron chi connectivity index (χ0n) is 11.5. The van der Waals surface area contributed by atoms with Crippen LogP contribution >= 0.6 is 45.2 Å². The molecule has 0 spiro atoms. The van der Waals surface area contributed by atoms with Gasteiger partial charge in [-0.15, -0.1) is 0 Å². The van der Waals surface area contributed by atoms with Crippen LogP contribution in [0.1, 0.15) is 17.9 Å². The number of furan rings is 2. The number of amides is 2. The van der Waals surface area contributed by atoms with Crippen LogP contribution in [-0.2, 0) is 9.59 Å². The van der Waals surface area contributed by atoms with Crippen molar-refractivity contribution in [1.29, 1.82) is 0 Å². The van der Waals surface area contributed by atoms with Gasteiger partial charge in [0.05, 0.1) is 12.4 Å². The molecule has 0 radical (unpaired) electrons. The third-order valence-corrected chi connectivity index (χ3v) is 3.43. The number of nitrogens with zero attached hydrogens (tertiary/aromatic N) is 2. The maximum Gasteiger partial charge on any atom is 0.249 e. The Bertz CT molecular complexity index is 688. The van der Waals surface area contributed by atoms with Crippen molar-refractivity contribution in [2.24, 2.45) is 10.2 Å². The van der Waals surface area contributed by atoms with Gasteiger partial charge < -0.3 is 8.83 Å². The van der Waals surface area contributed by atoms with Crippen LogP contribution in [0.5, 0.6) is 0 Å². The van der Waals surface area contributed by atoms with E-state index in [1.807, 2.05) is 45.2 Å². The fourth-order valence-corrected chi connectivity index (χ4v) is 2.22. The minimum Gasteiger partial charge on any atom is -0.449 e. The lowest BCUT2D eigenvalue weighted by Crippen LogP contribution is -2.27. The van der Waals surface area contributed by atoms with Gasteiger partial charge in [0.25, 0.3) is 0 Å². The first-order valence-electron chi connectivity index (χ1n) is 6.17. The molecule has 0 bridgehead atoms. The fourth-order valence-electron chi connectivity index (χ4n) is 1.36. The van der Waals surface area contributed by atoms with Crippen molar-refractivity contribution in [3.05, 3.63) is 43.3 Å². The molecule has 2 N–H and O–H groups in total. The lowest BCUT2D eigenvalue weighted by Gasteiger charge is -1.98. The minimum atomic E-state index is -0.567. The Labute approximate surface area is 158 Å². The number of carbonyl (C=O) groups is 2. The number of rotatable bonds is 6. The second kappa shape index (κ2) is 8.81. The number of hydrazone groups is 2. The van der Waals surface area contributed by atoms with Gasteiger partial charge in [-0.1, -0.05) is 0 Å². The third kappa shape index (κ3) is 6.52. The molecule has 2 amide bonds. The van der Waals surface area contributed by atoms with Crippen molar-refractivity contribution in [2.75, 3.05) is 0 Å². The predicted octanol–water partition coefficient (Wildman–Crippen LogP) is 2.07. The Morgan fingerprint density at radius 1 is 0.913 bits per heavy atom. The second-order valence-corrected chi connectivity index (χ2v) is 6.17. The molecule has 2 aromatic rings. The molecule has 0 aliphatic heterocycles. The Kier molecular flexibility index (Phi) is 6.76. The van der Waals surface area contributed by atoms with E-state index in [-0.39, 0.29) is 0 Å². The lowest BCUT2D eigenvalue weighted by atomic mass is 10.4. The summed E-state index contributed by atoms with van der Waals surface area (Å²) in [6, 6.07) is 6.92. The largest absolute Gasteiger partial charge is 0.449 e. The summed E-state index contributed by atoms with van der Waals surface area (Å²) >= 11 is 4.02. The molecular weight excluding hydrogens is 530 g/mol. The van der Waals surface area contributed by atoms with Crippen LogP contribution in [0.2, 0.25) is 0 Å². The summed E-state index contributed by atoms with van der Waals surface area (Å²) in [5, 5.41) is 7.37. The van der Waals surface area contributed by atoms with Crippen LogP contribution in [0.25, 0.3) is 0 Å². The highest BCUT2D eigenvalue weighted by Crippen LogP contribution is 2.08. The predicted molar refractivity (Wildman–Crippen MR) is 98.9 cm³/mol. The average Bonchev–Trinajstić information content (AvgIpc) is 3.07. The first kappa shape index (κ1) is 17.7. The maximum absolute atomic E-state index is 11.5. The quantitative estimate of drug-likeness (QED) is 0.253. The molecule has 2 rings (SSSR count). The molecule has 0 fully saturated rings. The van der Waals surface area contributed by atoms with Gasteiger partial charge >= 0.3 is 0 Å². The van der Waals surface area contributed by atoms with Gasteiger partial charge in [0.2, 0.25) is 11.8 Å². The van der Waals surface area contributed by atoms with E-state index in [9.17, 15) is 9.59 Å². The van der Waals surface area contributed by atoms with Crippen molar-refractivity contribution in [1.82, 2.24) is 10.9 Å². The number of halogens is 2. The Morgan fingerprint density at radius 3 is 1.70 bits per heavy atom. The summed E-state index contributed by atoms with van der Waals surface area (Å²) in [7, 11) is 0. The van der Waals surface area contributed by atoms with E-state index in [1.165, 1.54) is 12.4 Å². The van der Waals surface area contributed by atoms with E-state index in [1.54, 1.807) is 24.3 Å². The first-order chi connectivity index (χ1) is 11.0. The van der Waals surface area contributed by atoms with Gasteiger partial charge in [0.15, 0.2) is 7.53 Å². The molecule has 0 aromatic carbocycles. The standard InChI is InChI=1S/C13H10I2N4O4/c14-10-3-1-8(22-10)6-16-18-12(20)5-13(21)19-17-7-9-2-4-11(15)23-9/h1-4,6-7H,5H2,(H,18,20)(H,19,21). The van der Waals surface area contributed by atoms with E-state index in [4.69, 9.17) is 8.83 Å². The Hall–Kier alpha value is -1.70. The monoisotopic (exact) mass is 540 g/mol. The van der Waals surface area contributed by atoms with Crippen molar-refractivity contribution >= 4 is 69.4 Å².